The minimum atomic E-state index is -1.15. The first-order valence-corrected chi connectivity index (χ1v) is 8.15. The summed E-state index contributed by atoms with van der Waals surface area (Å²) in [6.07, 6.45) is -5.97. The van der Waals surface area contributed by atoms with Crippen LogP contribution < -0.4 is 0 Å². The van der Waals surface area contributed by atoms with Crippen LogP contribution in [0.15, 0.2) is 30.3 Å². The molecule has 2 aliphatic heterocycles. The fourth-order valence-electron chi connectivity index (χ4n) is 2.92. The van der Waals surface area contributed by atoms with E-state index < -0.39 is 43.2 Å². The van der Waals surface area contributed by atoms with E-state index in [-0.39, 0.29) is 13.2 Å². The quantitative estimate of drug-likeness (QED) is 0.811. The Bertz CT molecular complexity index is 565. The Kier molecular flexibility index (Phi) is 5.87. The van der Waals surface area contributed by atoms with Gasteiger partial charge in [-0.1, -0.05) is 30.3 Å². The number of benzene rings is 1. The Balaban J connectivity index is 1.72. The van der Waals surface area contributed by atoms with Crippen molar-refractivity contribution in [3.8, 4) is 0 Å². The van der Waals surface area contributed by atoms with Gasteiger partial charge in [0.05, 0.1) is 13.2 Å². The van der Waals surface area contributed by atoms with Crippen LogP contribution in [-0.2, 0) is 28.4 Å². The lowest BCUT2D eigenvalue weighted by atomic mass is 9.97. The molecule has 0 radical (unpaired) electrons. The number of rotatable bonds is 4. The summed E-state index contributed by atoms with van der Waals surface area (Å²) >= 11 is 0. The second-order valence-corrected chi connectivity index (χ2v) is 5.71. The number of carbonyl (C=O) groups is 1. The number of aliphatic hydroxyl groups excluding tert-OH is 1. The van der Waals surface area contributed by atoms with Crippen molar-refractivity contribution in [3.63, 3.8) is 0 Å². The number of ether oxygens (including phenoxy) is 6. The molecule has 1 aromatic carbocycles. The molecule has 0 amide bonds. The monoisotopic (exact) mass is 354 g/mol. The van der Waals surface area contributed by atoms with Crippen molar-refractivity contribution in [1.29, 1.82) is 0 Å². The molecule has 8 nitrogen and oxygen atoms in total. The summed E-state index contributed by atoms with van der Waals surface area (Å²) in [5.74, 6) is 0. The molecule has 2 fully saturated rings. The van der Waals surface area contributed by atoms with Gasteiger partial charge in [0.25, 0.3) is 0 Å². The second-order valence-electron chi connectivity index (χ2n) is 5.71. The van der Waals surface area contributed by atoms with Gasteiger partial charge in [0.15, 0.2) is 18.7 Å². The molecule has 0 spiro atoms. The number of hydrogen-bond acceptors (Lipinski definition) is 8. The fraction of sp³-hybridized carbons (Fsp3) is 0.588. The largest absolute Gasteiger partial charge is 0.508 e. The SMILES string of the molecule is CCOC(=O)O[C@@H]1[C@@H](OC)O[C@@H]2CO[C@H](c3ccccc3)O[C@@H]2[C@@H]1O. The Morgan fingerprint density at radius 2 is 2.04 bits per heavy atom. The van der Waals surface area contributed by atoms with Crippen LogP contribution in [0, 0.1) is 0 Å². The van der Waals surface area contributed by atoms with Gasteiger partial charge in [-0.2, -0.15) is 0 Å². The Labute approximate surface area is 145 Å². The average molecular weight is 354 g/mol. The molecule has 0 aliphatic carbocycles. The van der Waals surface area contributed by atoms with Crippen LogP contribution in [-0.4, -0.2) is 62.3 Å². The fourth-order valence-corrected chi connectivity index (χ4v) is 2.92. The molecule has 2 saturated heterocycles. The molecule has 25 heavy (non-hydrogen) atoms. The van der Waals surface area contributed by atoms with E-state index in [0.717, 1.165) is 5.56 Å². The highest BCUT2D eigenvalue weighted by Crippen LogP contribution is 2.35. The molecule has 2 aliphatic rings. The highest BCUT2D eigenvalue weighted by atomic mass is 16.8. The lowest BCUT2D eigenvalue weighted by Crippen LogP contribution is -2.63. The molecule has 0 unspecified atom stereocenters. The maximum absolute atomic E-state index is 11.6. The highest BCUT2D eigenvalue weighted by Gasteiger charge is 2.51. The van der Waals surface area contributed by atoms with Crippen LogP contribution in [0.3, 0.4) is 0 Å². The van der Waals surface area contributed by atoms with Gasteiger partial charge in [0, 0.05) is 12.7 Å². The lowest BCUT2D eigenvalue weighted by molar-refractivity contribution is -0.358. The van der Waals surface area contributed by atoms with Gasteiger partial charge in [-0.05, 0) is 6.92 Å². The van der Waals surface area contributed by atoms with Gasteiger partial charge in [0.1, 0.15) is 18.3 Å². The molecule has 138 valence electrons. The van der Waals surface area contributed by atoms with E-state index in [9.17, 15) is 9.90 Å². The molecule has 2 heterocycles. The molecule has 0 bridgehead atoms. The lowest BCUT2D eigenvalue weighted by Gasteiger charge is -2.46. The summed E-state index contributed by atoms with van der Waals surface area (Å²) in [4.78, 5) is 11.6. The van der Waals surface area contributed by atoms with Crippen LogP contribution in [0.4, 0.5) is 4.79 Å². The third-order valence-corrected chi connectivity index (χ3v) is 4.11. The second kappa shape index (κ2) is 8.11. The molecule has 1 aromatic rings. The van der Waals surface area contributed by atoms with Gasteiger partial charge < -0.3 is 33.5 Å². The van der Waals surface area contributed by atoms with Gasteiger partial charge in [-0.3, -0.25) is 0 Å². The minimum Gasteiger partial charge on any atom is -0.435 e. The molecular weight excluding hydrogens is 332 g/mol. The summed E-state index contributed by atoms with van der Waals surface area (Å²) in [6, 6.07) is 9.36. The van der Waals surface area contributed by atoms with Gasteiger partial charge in [0.2, 0.25) is 0 Å². The van der Waals surface area contributed by atoms with Crippen LogP contribution in [0.1, 0.15) is 18.8 Å². The van der Waals surface area contributed by atoms with Crippen molar-refractivity contribution in [2.75, 3.05) is 20.3 Å². The van der Waals surface area contributed by atoms with E-state index in [4.69, 9.17) is 28.4 Å². The van der Waals surface area contributed by atoms with Gasteiger partial charge >= 0.3 is 6.16 Å². The number of hydrogen-bond donors (Lipinski definition) is 1. The van der Waals surface area contributed by atoms with E-state index in [1.54, 1.807) is 6.92 Å². The summed E-state index contributed by atoms with van der Waals surface area (Å²) in [5, 5.41) is 10.7. The molecule has 8 heteroatoms. The first kappa shape index (κ1) is 18.1. The summed E-state index contributed by atoms with van der Waals surface area (Å²) in [7, 11) is 1.40. The number of aliphatic hydroxyl groups is 1. The summed E-state index contributed by atoms with van der Waals surface area (Å²) < 4.78 is 32.4. The molecular formula is C17H22O8. The molecule has 3 rings (SSSR count). The van der Waals surface area contributed by atoms with Crippen LogP contribution in [0.25, 0.3) is 0 Å². The zero-order chi connectivity index (χ0) is 17.8. The number of methoxy groups -OCH3 is 1. The third-order valence-electron chi connectivity index (χ3n) is 4.11. The van der Waals surface area contributed by atoms with Gasteiger partial charge in [-0.15, -0.1) is 0 Å². The van der Waals surface area contributed by atoms with E-state index in [0.29, 0.717) is 0 Å². The van der Waals surface area contributed by atoms with Crippen LogP contribution in [0.5, 0.6) is 0 Å². The highest BCUT2D eigenvalue weighted by molar-refractivity contribution is 5.60. The predicted molar refractivity (Wildman–Crippen MR) is 83.6 cm³/mol. The first-order chi connectivity index (χ1) is 12.1. The smallest absolute Gasteiger partial charge is 0.435 e. The molecule has 0 saturated carbocycles. The zero-order valence-corrected chi connectivity index (χ0v) is 14.1. The maximum atomic E-state index is 11.6. The Morgan fingerprint density at radius 3 is 2.72 bits per heavy atom. The van der Waals surface area contributed by atoms with Gasteiger partial charge in [-0.25, -0.2) is 4.79 Å². The van der Waals surface area contributed by atoms with Crippen LogP contribution >= 0.6 is 0 Å². The molecule has 6 atom stereocenters. The number of carbonyl (C=O) groups excluding carboxylic acids is 1. The third kappa shape index (κ3) is 3.94. The summed E-state index contributed by atoms with van der Waals surface area (Å²) in [6.45, 7) is 2.03. The van der Waals surface area contributed by atoms with E-state index in [2.05, 4.69) is 0 Å². The first-order valence-electron chi connectivity index (χ1n) is 8.15. The van der Waals surface area contributed by atoms with E-state index in [1.807, 2.05) is 30.3 Å². The van der Waals surface area contributed by atoms with Crippen molar-refractivity contribution in [3.05, 3.63) is 35.9 Å². The standard InChI is InChI=1S/C17H22O8/c1-3-21-17(19)25-14-12(18)13-11(23-16(14)20-2)9-22-15(24-13)10-7-5-4-6-8-10/h4-8,11-16,18H,3,9H2,1-2H3/t11-,12+,13+,14+,15+,16+/m1/s1. The zero-order valence-electron chi connectivity index (χ0n) is 14.1. The Hall–Kier alpha value is -1.71. The predicted octanol–water partition coefficient (Wildman–Crippen LogP) is 1.37. The van der Waals surface area contributed by atoms with Crippen molar-refractivity contribution < 1.29 is 38.3 Å². The summed E-state index contributed by atoms with van der Waals surface area (Å²) in [5.41, 5.74) is 0.824. The minimum absolute atomic E-state index is 0.159. The number of fused-ring (bicyclic) bond motifs is 1. The normalized spacial score (nSPS) is 34.8. The Morgan fingerprint density at radius 1 is 1.28 bits per heavy atom. The molecule has 1 N–H and O–H groups in total. The maximum Gasteiger partial charge on any atom is 0.508 e. The molecule has 0 aromatic heterocycles. The van der Waals surface area contributed by atoms with Crippen molar-refractivity contribution in [2.24, 2.45) is 0 Å². The topological polar surface area (TPSA) is 92.7 Å². The average Bonchev–Trinajstić information content (AvgIpc) is 2.64. The van der Waals surface area contributed by atoms with Crippen LogP contribution in [0.2, 0.25) is 0 Å². The van der Waals surface area contributed by atoms with E-state index in [1.165, 1.54) is 7.11 Å². The van der Waals surface area contributed by atoms with Crippen molar-refractivity contribution in [1.82, 2.24) is 0 Å². The van der Waals surface area contributed by atoms with Crippen molar-refractivity contribution >= 4 is 6.16 Å². The van der Waals surface area contributed by atoms with E-state index >= 15 is 0 Å². The van der Waals surface area contributed by atoms with Crippen molar-refractivity contribution in [2.45, 2.75) is 43.9 Å².